The maximum Gasteiger partial charge on any atom is 0.236 e. The van der Waals surface area contributed by atoms with Gasteiger partial charge in [-0.3, -0.25) is 0 Å². The Labute approximate surface area is 102 Å². The minimum Gasteiger partial charge on any atom is -0.249 e. The normalized spacial score (nSPS) is 9.23. The van der Waals surface area contributed by atoms with Crippen LogP contribution in [0.5, 0.6) is 0 Å². The van der Waals surface area contributed by atoms with Crippen molar-refractivity contribution in [2.45, 2.75) is 0 Å². The molecule has 0 bridgehead atoms. The summed E-state index contributed by atoms with van der Waals surface area (Å²) in [5.41, 5.74) is 0.918. The second-order valence-corrected chi connectivity index (χ2v) is 2.64. The molecule has 1 N–H and O–H groups in total. The molecule has 61 valence electrons. The van der Waals surface area contributed by atoms with Gasteiger partial charge in [-0.15, -0.1) is 0 Å². The summed E-state index contributed by atoms with van der Waals surface area (Å²) in [4.78, 5) is 1.53. The van der Waals surface area contributed by atoms with E-state index in [9.17, 15) is 0 Å². The number of para-hydroxylation sites is 1. The summed E-state index contributed by atoms with van der Waals surface area (Å²) in [5.74, 6) is 0. The first-order valence-electron chi connectivity index (χ1n) is 3.44. The Kier molecular flexibility index (Phi) is 3.80. The molecule has 0 aliphatic carbocycles. The third-order valence-electron chi connectivity index (χ3n) is 1.43. The van der Waals surface area contributed by atoms with Gasteiger partial charge in [-0.1, -0.05) is 23.3 Å². The molecule has 1 aromatic carbocycles. The fourth-order valence-corrected chi connectivity index (χ4v) is 1.03. The molecule has 0 aliphatic rings. The molecule has 0 saturated heterocycles. The number of H-pyrrole nitrogens is 1. The quantitative estimate of drug-likeness (QED) is 0.552. The molecule has 0 amide bonds. The maximum atomic E-state index is 4.78. The van der Waals surface area contributed by atoms with Crippen molar-refractivity contribution in [2.75, 3.05) is 0 Å². The van der Waals surface area contributed by atoms with Gasteiger partial charge in [0.05, 0.1) is 5.69 Å². The van der Waals surface area contributed by atoms with Gasteiger partial charge in [0.2, 0.25) is 4.77 Å². The Balaban J connectivity index is 0.000000845. The van der Waals surface area contributed by atoms with E-state index in [-0.39, 0.29) is 29.6 Å². The summed E-state index contributed by atoms with van der Waals surface area (Å²) >= 11 is 4.78. The zero-order valence-corrected chi connectivity index (χ0v) is 9.95. The van der Waals surface area contributed by atoms with E-state index in [1.807, 2.05) is 30.3 Å². The van der Waals surface area contributed by atoms with Crippen LogP contribution in [0.15, 0.2) is 30.3 Å². The molecule has 4 nitrogen and oxygen atoms in total. The zero-order chi connectivity index (χ0) is 8.39. The van der Waals surface area contributed by atoms with E-state index in [2.05, 4.69) is 15.4 Å². The molecule has 1 heterocycles. The largest absolute Gasteiger partial charge is 0.249 e. The number of benzene rings is 1. The van der Waals surface area contributed by atoms with Crippen molar-refractivity contribution in [2.24, 2.45) is 0 Å². The van der Waals surface area contributed by atoms with Gasteiger partial charge in [0.25, 0.3) is 0 Å². The number of tetrazole rings is 1. The first kappa shape index (κ1) is 10.6. The van der Waals surface area contributed by atoms with Crippen LogP contribution in [-0.4, -0.2) is 49.8 Å². The second kappa shape index (κ2) is 4.66. The summed E-state index contributed by atoms with van der Waals surface area (Å²) in [6.07, 6.45) is 0. The Bertz CT molecular complexity index is 421. The van der Waals surface area contributed by atoms with E-state index >= 15 is 0 Å². The van der Waals surface area contributed by atoms with E-state index in [0.29, 0.717) is 4.77 Å². The molecule has 1 aromatic heterocycles. The van der Waals surface area contributed by atoms with Crippen molar-refractivity contribution in [1.29, 1.82) is 0 Å². The molecule has 2 rings (SSSR count). The topological polar surface area (TPSA) is 46.5 Å². The molecular weight excluding hydrogens is 195 g/mol. The van der Waals surface area contributed by atoms with Crippen LogP contribution in [0.3, 0.4) is 0 Å². The van der Waals surface area contributed by atoms with Gasteiger partial charge in [-0.2, -0.15) is 4.80 Å². The average Bonchev–Trinajstić information content (AvgIpc) is 2.54. The van der Waals surface area contributed by atoms with Gasteiger partial charge in [-0.05, 0) is 29.6 Å². The van der Waals surface area contributed by atoms with E-state index in [1.165, 1.54) is 4.80 Å². The van der Waals surface area contributed by atoms with Crippen LogP contribution in [0.2, 0.25) is 0 Å². The van der Waals surface area contributed by atoms with Crippen LogP contribution in [0.25, 0.3) is 5.69 Å². The van der Waals surface area contributed by atoms with Gasteiger partial charge in [0, 0.05) is 29.6 Å². The van der Waals surface area contributed by atoms with Crippen LogP contribution in [-0.2, 0) is 0 Å². The Morgan fingerprint density at radius 2 is 1.92 bits per heavy atom. The molecule has 0 unspecified atom stereocenters. The van der Waals surface area contributed by atoms with Gasteiger partial charge in [0.15, 0.2) is 0 Å². The summed E-state index contributed by atoms with van der Waals surface area (Å²) in [6, 6.07) is 9.62. The van der Waals surface area contributed by atoms with E-state index in [0.717, 1.165) is 5.69 Å². The van der Waals surface area contributed by atoms with Crippen LogP contribution in [0, 0.1) is 4.77 Å². The second-order valence-electron chi connectivity index (χ2n) is 2.25. The summed E-state index contributed by atoms with van der Waals surface area (Å²) in [6.45, 7) is 0. The first-order valence-corrected chi connectivity index (χ1v) is 3.84. The molecule has 1 radical (unpaired) electrons. The maximum absolute atomic E-state index is 4.78. The minimum absolute atomic E-state index is 0. The van der Waals surface area contributed by atoms with Crippen LogP contribution >= 0.6 is 12.2 Å². The third kappa shape index (κ3) is 2.47. The van der Waals surface area contributed by atoms with Gasteiger partial charge in [-0.25, -0.2) is 5.10 Å². The molecule has 0 spiro atoms. The SMILES string of the molecule is S=c1nnn(-c2ccccc2)[nH]1.[Na]. The fraction of sp³-hybridized carbons (Fsp3) is 0. The Morgan fingerprint density at radius 1 is 1.23 bits per heavy atom. The smallest absolute Gasteiger partial charge is 0.236 e. The standard InChI is InChI=1S/C7H6N4S.Na/c12-7-8-10-11(9-7)6-4-2-1-3-5-6;/h1-5H,(H,9,12);. The van der Waals surface area contributed by atoms with Crippen molar-refractivity contribution >= 4 is 41.8 Å². The van der Waals surface area contributed by atoms with Crippen LogP contribution < -0.4 is 0 Å². The van der Waals surface area contributed by atoms with Crippen molar-refractivity contribution in [3.8, 4) is 5.69 Å². The summed E-state index contributed by atoms with van der Waals surface area (Å²) < 4.78 is 0.388. The summed E-state index contributed by atoms with van der Waals surface area (Å²) in [7, 11) is 0. The first-order chi connectivity index (χ1) is 5.86. The Hall–Kier alpha value is -0.490. The zero-order valence-electron chi connectivity index (χ0n) is 7.14. The average molecular weight is 201 g/mol. The summed E-state index contributed by atoms with van der Waals surface area (Å²) in [5, 5.41) is 10.3. The molecule has 0 aliphatic heterocycles. The molecule has 0 saturated carbocycles. The third-order valence-corrected chi connectivity index (χ3v) is 1.60. The van der Waals surface area contributed by atoms with E-state index < -0.39 is 0 Å². The fourth-order valence-electron chi connectivity index (χ4n) is 0.906. The number of nitrogens with zero attached hydrogens (tertiary/aromatic N) is 3. The number of hydrogen-bond acceptors (Lipinski definition) is 3. The molecule has 2 aromatic rings. The monoisotopic (exact) mass is 201 g/mol. The van der Waals surface area contributed by atoms with Gasteiger partial charge >= 0.3 is 0 Å². The van der Waals surface area contributed by atoms with Crippen molar-refractivity contribution < 1.29 is 0 Å². The molecule has 13 heavy (non-hydrogen) atoms. The number of rotatable bonds is 1. The number of nitrogens with one attached hydrogen (secondary N) is 1. The van der Waals surface area contributed by atoms with E-state index in [1.54, 1.807) is 0 Å². The minimum atomic E-state index is 0. The Morgan fingerprint density at radius 3 is 2.46 bits per heavy atom. The molecule has 0 atom stereocenters. The number of hydrogen-bond donors (Lipinski definition) is 1. The molecular formula is C7H6N4NaS. The van der Waals surface area contributed by atoms with Gasteiger partial charge in [0.1, 0.15) is 0 Å². The van der Waals surface area contributed by atoms with E-state index in [4.69, 9.17) is 12.2 Å². The predicted octanol–water partition coefficient (Wildman–Crippen LogP) is 0.944. The van der Waals surface area contributed by atoms with Crippen LogP contribution in [0.4, 0.5) is 0 Å². The van der Waals surface area contributed by atoms with Crippen molar-refractivity contribution in [3.05, 3.63) is 35.1 Å². The van der Waals surface area contributed by atoms with Gasteiger partial charge < -0.3 is 0 Å². The number of aromatic nitrogens is 4. The number of aromatic amines is 1. The van der Waals surface area contributed by atoms with Crippen molar-refractivity contribution in [1.82, 2.24) is 20.2 Å². The predicted molar refractivity (Wildman–Crippen MR) is 52.3 cm³/mol. The van der Waals surface area contributed by atoms with Crippen molar-refractivity contribution in [3.63, 3.8) is 0 Å². The molecule has 6 heteroatoms. The molecule has 0 fully saturated rings. The van der Waals surface area contributed by atoms with Crippen LogP contribution in [0.1, 0.15) is 0 Å².